The van der Waals surface area contributed by atoms with Crippen LogP contribution in [-0.4, -0.2) is 32.2 Å². The van der Waals surface area contributed by atoms with Crippen molar-refractivity contribution in [3.63, 3.8) is 0 Å². The Labute approximate surface area is 131 Å². The highest BCUT2D eigenvalue weighted by molar-refractivity contribution is 6.30. The molecular formula is C16H23ClN2O2. The Hall–Kier alpha value is -1.10. The van der Waals surface area contributed by atoms with E-state index in [1.54, 1.807) is 0 Å². The van der Waals surface area contributed by atoms with Gasteiger partial charge in [-0.05, 0) is 30.7 Å². The summed E-state index contributed by atoms with van der Waals surface area (Å²) in [6, 6.07) is 7.71. The summed E-state index contributed by atoms with van der Waals surface area (Å²) in [6.45, 7) is 5.26. The third-order valence-corrected chi connectivity index (χ3v) is 4.23. The maximum Gasteiger partial charge on any atom is 0.227 e. The van der Waals surface area contributed by atoms with Crippen LogP contribution in [0.5, 0.6) is 0 Å². The quantitative estimate of drug-likeness (QED) is 0.878. The molecule has 1 aliphatic rings. The molecule has 1 amide bonds. The van der Waals surface area contributed by atoms with E-state index < -0.39 is 0 Å². The van der Waals surface area contributed by atoms with E-state index in [1.807, 2.05) is 31.3 Å². The summed E-state index contributed by atoms with van der Waals surface area (Å²) in [7, 11) is 1.86. The first kappa shape index (κ1) is 16.3. The molecular weight excluding hydrogens is 288 g/mol. The van der Waals surface area contributed by atoms with Crippen LogP contribution in [0.2, 0.25) is 5.02 Å². The van der Waals surface area contributed by atoms with E-state index in [2.05, 4.69) is 24.5 Å². The lowest BCUT2D eigenvalue weighted by Gasteiger charge is -2.26. The minimum atomic E-state index is -0.136. The number of amides is 1. The third kappa shape index (κ3) is 3.96. The van der Waals surface area contributed by atoms with Crippen LogP contribution in [-0.2, 0) is 9.53 Å². The zero-order chi connectivity index (χ0) is 15.4. The summed E-state index contributed by atoms with van der Waals surface area (Å²) >= 11 is 5.93. The van der Waals surface area contributed by atoms with E-state index in [4.69, 9.17) is 16.3 Å². The Morgan fingerprint density at radius 1 is 1.29 bits per heavy atom. The molecule has 0 aliphatic carbocycles. The number of rotatable bonds is 5. The fraction of sp³-hybridized carbons (Fsp3) is 0.562. The predicted octanol–water partition coefficient (Wildman–Crippen LogP) is 2.39. The van der Waals surface area contributed by atoms with Gasteiger partial charge in [0.15, 0.2) is 0 Å². The summed E-state index contributed by atoms with van der Waals surface area (Å²) < 4.78 is 5.40. The minimum Gasteiger partial charge on any atom is -0.379 e. The van der Waals surface area contributed by atoms with Gasteiger partial charge in [0.05, 0.1) is 25.2 Å². The maximum absolute atomic E-state index is 12.5. The van der Waals surface area contributed by atoms with Gasteiger partial charge >= 0.3 is 0 Å². The number of likely N-dealkylation sites (N-methyl/N-ethyl adjacent to an activating group) is 1. The molecule has 1 aliphatic heterocycles. The zero-order valence-electron chi connectivity index (χ0n) is 12.7. The average Bonchev–Trinajstić information content (AvgIpc) is 2.94. The summed E-state index contributed by atoms with van der Waals surface area (Å²) in [6.07, 6.45) is 0. The lowest BCUT2D eigenvalue weighted by Crippen LogP contribution is -2.44. The van der Waals surface area contributed by atoms with Gasteiger partial charge in [-0.15, -0.1) is 0 Å². The van der Waals surface area contributed by atoms with Crippen molar-refractivity contribution in [2.45, 2.75) is 25.9 Å². The van der Waals surface area contributed by atoms with E-state index in [9.17, 15) is 4.79 Å². The summed E-state index contributed by atoms with van der Waals surface area (Å²) in [5, 5.41) is 7.00. The van der Waals surface area contributed by atoms with Gasteiger partial charge in [0.1, 0.15) is 0 Å². The lowest BCUT2D eigenvalue weighted by molar-refractivity contribution is -0.126. The maximum atomic E-state index is 12.5. The van der Waals surface area contributed by atoms with Crippen molar-refractivity contribution in [3.05, 3.63) is 34.9 Å². The molecule has 116 valence electrons. The van der Waals surface area contributed by atoms with Gasteiger partial charge < -0.3 is 15.4 Å². The van der Waals surface area contributed by atoms with Crippen molar-refractivity contribution in [2.75, 3.05) is 20.3 Å². The Bertz CT molecular complexity index is 476. The number of hydrogen-bond acceptors (Lipinski definition) is 3. The molecule has 0 bridgehead atoms. The highest BCUT2D eigenvalue weighted by Gasteiger charge is 2.34. The van der Waals surface area contributed by atoms with Crippen LogP contribution >= 0.6 is 11.6 Å². The fourth-order valence-electron chi connectivity index (χ4n) is 2.66. The summed E-state index contributed by atoms with van der Waals surface area (Å²) in [5.74, 6) is 0.203. The van der Waals surface area contributed by atoms with Gasteiger partial charge in [0.2, 0.25) is 5.91 Å². The van der Waals surface area contributed by atoms with Crippen LogP contribution in [0.1, 0.15) is 25.5 Å². The van der Waals surface area contributed by atoms with E-state index in [0.29, 0.717) is 24.2 Å². The Morgan fingerprint density at radius 2 is 1.95 bits per heavy atom. The molecule has 0 saturated carbocycles. The molecule has 2 N–H and O–H groups in total. The van der Waals surface area contributed by atoms with Crippen molar-refractivity contribution >= 4 is 17.5 Å². The first-order chi connectivity index (χ1) is 10.0. The molecule has 3 unspecified atom stereocenters. The smallest absolute Gasteiger partial charge is 0.227 e. The topological polar surface area (TPSA) is 50.4 Å². The predicted molar refractivity (Wildman–Crippen MR) is 84.3 cm³/mol. The summed E-state index contributed by atoms with van der Waals surface area (Å²) in [4.78, 5) is 12.5. The van der Waals surface area contributed by atoms with Gasteiger partial charge in [0, 0.05) is 11.1 Å². The first-order valence-corrected chi connectivity index (χ1v) is 7.71. The van der Waals surface area contributed by atoms with E-state index in [0.717, 1.165) is 5.56 Å². The molecule has 1 heterocycles. The molecule has 1 aromatic rings. The SMILES string of the molecule is CNC1COCC1C(=O)NC(c1ccc(Cl)cc1)C(C)C. The second-order valence-corrected chi connectivity index (χ2v) is 6.26. The average molecular weight is 311 g/mol. The number of benzene rings is 1. The monoisotopic (exact) mass is 310 g/mol. The Balaban J connectivity index is 2.09. The number of nitrogens with one attached hydrogen (secondary N) is 2. The number of halogens is 1. The number of ether oxygens (including phenoxy) is 1. The molecule has 5 heteroatoms. The lowest BCUT2D eigenvalue weighted by atomic mass is 9.94. The van der Waals surface area contributed by atoms with Gasteiger partial charge in [-0.3, -0.25) is 4.79 Å². The molecule has 4 nitrogen and oxygen atoms in total. The molecule has 1 aromatic carbocycles. The van der Waals surface area contributed by atoms with E-state index in [1.165, 1.54) is 0 Å². The highest BCUT2D eigenvalue weighted by atomic mass is 35.5. The van der Waals surface area contributed by atoms with Crippen molar-refractivity contribution < 1.29 is 9.53 Å². The molecule has 21 heavy (non-hydrogen) atoms. The van der Waals surface area contributed by atoms with Crippen molar-refractivity contribution in [1.29, 1.82) is 0 Å². The molecule has 0 aromatic heterocycles. The van der Waals surface area contributed by atoms with Crippen LogP contribution in [0.25, 0.3) is 0 Å². The second kappa shape index (κ2) is 7.25. The van der Waals surface area contributed by atoms with Gasteiger partial charge in [-0.1, -0.05) is 37.6 Å². The normalized spacial score (nSPS) is 23.3. The first-order valence-electron chi connectivity index (χ1n) is 7.33. The van der Waals surface area contributed by atoms with Crippen LogP contribution in [0.15, 0.2) is 24.3 Å². The molecule has 0 spiro atoms. The van der Waals surface area contributed by atoms with Crippen LogP contribution in [0, 0.1) is 11.8 Å². The van der Waals surface area contributed by atoms with E-state index in [-0.39, 0.29) is 23.9 Å². The van der Waals surface area contributed by atoms with Gasteiger partial charge in [-0.25, -0.2) is 0 Å². The molecule has 0 radical (unpaired) electrons. The largest absolute Gasteiger partial charge is 0.379 e. The van der Waals surface area contributed by atoms with Crippen molar-refractivity contribution in [1.82, 2.24) is 10.6 Å². The number of carbonyl (C=O) groups excluding carboxylic acids is 1. The minimum absolute atomic E-state index is 0.0205. The molecule has 2 rings (SSSR count). The van der Waals surface area contributed by atoms with Crippen molar-refractivity contribution in [2.24, 2.45) is 11.8 Å². The van der Waals surface area contributed by atoms with Crippen LogP contribution in [0.4, 0.5) is 0 Å². The molecule has 1 fully saturated rings. The Kier molecular flexibility index (Phi) is 5.62. The standard InChI is InChI=1S/C16H23ClN2O2/c1-10(2)15(11-4-6-12(17)7-5-11)19-16(20)13-8-21-9-14(13)18-3/h4-7,10,13-15,18H,8-9H2,1-3H3,(H,19,20). The second-order valence-electron chi connectivity index (χ2n) is 5.82. The Morgan fingerprint density at radius 3 is 2.52 bits per heavy atom. The highest BCUT2D eigenvalue weighted by Crippen LogP contribution is 2.24. The van der Waals surface area contributed by atoms with Gasteiger partial charge in [0.25, 0.3) is 0 Å². The number of carbonyl (C=O) groups is 1. The van der Waals surface area contributed by atoms with E-state index >= 15 is 0 Å². The molecule has 1 saturated heterocycles. The summed E-state index contributed by atoms with van der Waals surface area (Å²) in [5.41, 5.74) is 1.07. The molecule has 3 atom stereocenters. The van der Waals surface area contributed by atoms with Crippen LogP contribution in [0.3, 0.4) is 0 Å². The number of hydrogen-bond donors (Lipinski definition) is 2. The fourth-order valence-corrected chi connectivity index (χ4v) is 2.79. The van der Waals surface area contributed by atoms with Crippen LogP contribution < -0.4 is 10.6 Å². The third-order valence-electron chi connectivity index (χ3n) is 3.98. The van der Waals surface area contributed by atoms with Crippen molar-refractivity contribution in [3.8, 4) is 0 Å². The zero-order valence-corrected chi connectivity index (χ0v) is 13.5. The van der Waals surface area contributed by atoms with Gasteiger partial charge in [-0.2, -0.15) is 0 Å².